The topological polar surface area (TPSA) is 55.1 Å². The molecule has 106 valence electrons. The highest BCUT2D eigenvalue weighted by atomic mass is 35.5. The van der Waals surface area contributed by atoms with Crippen LogP contribution in [0.25, 0.3) is 0 Å². The number of rotatable bonds is 8. The van der Waals surface area contributed by atoms with Crippen molar-refractivity contribution in [2.45, 2.75) is 39.0 Å². The number of hydrogen-bond donors (Lipinski definition) is 2. The van der Waals surface area contributed by atoms with E-state index in [0.717, 1.165) is 25.7 Å². The fraction of sp³-hybridized carbons (Fsp3) is 0.533. The molecule has 1 amide bonds. The maximum Gasteiger partial charge on any atom is 0.224 e. The summed E-state index contributed by atoms with van der Waals surface area (Å²) in [7, 11) is 0. The van der Waals surface area contributed by atoms with Gasteiger partial charge in [0.1, 0.15) is 0 Å². The summed E-state index contributed by atoms with van der Waals surface area (Å²) < 4.78 is 0. The standard InChI is InChI=1S/C15H23ClN2O/c1-2-5-12(10-11-17)8-9-15(19)18-14-7-4-3-6-13(14)16/h3-4,6-7,12H,2,5,8-11,17H2,1H3,(H,18,19). The quantitative estimate of drug-likeness (QED) is 0.761. The van der Waals surface area contributed by atoms with Crippen LogP contribution in [0, 0.1) is 5.92 Å². The second kappa shape index (κ2) is 8.94. The van der Waals surface area contributed by atoms with E-state index in [4.69, 9.17) is 17.3 Å². The van der Waals surface area contributed by atoms with Gasteiger partial charge in [-0.3, -0.25) is 4.79 Å². The lowest BCUT2D eigenvalue weighted by molar-refractivity contribution is -0.116. The van der Waals surface area contributed by atoms with Crippen molar-refractivity contribution in [3.63, 3.8) is 0 Å². The Morgan fingerprint density at radius 1 is 1.32 bits per heavy atom. The van der Waals surface area contributed by atoms with Crippen LogP contribution in [0.1, 0.15) is 39.0 Å². The average molecular weight is 283 g/mol. The van der Waals surface area contributed by atoms with Gasteiger partial charge in [-0.25, -0.2) is 0 Å². The van der Waals surface area contributed by atoms with Crippen molar-refractivity contribution in [2.75, 3.05) is 11.9 Å². The van der Waals surface area contributed by atoms with Crippen molar-refractivity contribution in [1.29, 1.82) is 0 Å². The predicted molar refractivity (Wildman–Crippen MR) is 81.4 cm³/mol. The third-order valence-corrected chi connectivity index (χ3v) is 3.53. The number of nitrogens with one attached hydrogen (secondary N) is 1. The molecule has 1 aromatic rings. The number of carbonyl (C=O) groups excluding carboxylic acids is 1. The number of halogens is 1. The molecule has 1 rings (SSSR count). The summed E-state index contributed by atoms with van der Waals surface area (Å²) in [5.41, 5.74) is 6.27. The Balaban J connectivity index is 2.40. The van der Waals surface area contributed by atoms with E-state index in [9.17, 15) is 4.79 Å². The van der Waals surface area contributed by atoms with Gasteiger partial charge in [-0.05, 0) is 37.4 Å². The molecule has 1 unspecified atom stereocenters. The lowest BCUT2D eigenvalue weighted by atomic mass is 9.94. The third kappa shape index (κ3) is 6.08. The minimum Gasteiger partial charge on any atom is -0.330 e. The highest BCUT2D eigenvalue weighted by molar-refractivity contribution is 6.33. The van der Waals surface area contributed by atoms with Crippen LogP contribution in [-0.4, -0.2) is 12.5 Å². The van der Waals surface area contributed by atoms with E-state index in [0.29, 0.717) is 29.6 Å². The second-order valence-electron chi connectivity index (χ2n) is 4.80. The van der Waals surface area contributed by atoms with Gasteiger partial charge < -0.3 is 11.1 Å². The first kappa shape index (κ1) is 16.0. The molecule has 19 heavy (non-hydrogen) atoms. The molecule has 0 spiro atoms. The van der Waals surface area contributed by atoms with E-state index in [1.165, 1.54) is 0 Å². The fourth-order valence-electron chi connectivity index (χ4n) is 2.19. The van der Waals surface area contributed by atoms with Crippen LogP contribution in [0.3, 0.4) is 0 Å². The Morgan fingerprint density at radius 2 is 2.05 bits per heavy atom. The van der Waals surface area contributed by atoms with Gasteiger partial charge in [0.25, 0.3) is 0 Å². The Morgan fingerprint density at radius 3 is 2.68 bits per heavy atom. The maximum atomic E-state index is 11.9. The van der Waals surface area contributed by atoms with Crippen LogP contribution in [0.4, 0.5) is 5.69 Å². The Hall–Kier alpha value is -1.06. The predicted octanol–water partition coefficient (Wildman–Crippen LogP) is 3.82. The molecule has 0 aliphatic rings. The zero-order valence-electron chi connectivity index (χ0n) is 11.5. The summed E-state index contributed by atoms with van der Waals surface area (Å²) in [5.74, 6) is 0.568. The highest BCUT2D eigenvalue weighted by Crippen LogP contribution is 2.22. The number of amides is 1. The van der Waals surface area contributed by atoms with Crippen LogP contribution in [-0.2, 0) is 4.79 Å². The van der Waals surface area contributed by atoms with Gasteiger partial charge in [-0.2, -0.15) is 0 Å². The third-order valence-electron chi connectivity index (χ3n) is 3.20. The Labute approximate surface area is 120 Å². The molecular weight excluding hydrogens is 260 g/mol. The number of hydrogen-bond acceptors (Lipinski definition) is 2. The van der Waals surface area contributed by atoms with Gasteiger partial charge in [-0.15, -0.1) is 0 Å². The summed E-state index contributed by atoms with van der Waals surface area (Å²) in [6.45, 7) is 2.85. The van der Waals surface area contributed by atoms with Crippen LogP contribution in [0.5, 0.6) is 0 Å². The molecule has 0 saturated heterocycles. The maximum absolute atomic E-state index is 11.9. The molecule has 3 nitrogen and oxygen atoms in total. The van der Waals surface area contributed by atoms with Crippen molar-refractivity contribution < 1.29 is 4.79 Å². The van der Waals surface area contributed by atoms with E-state index in [1.54, 1.807) is 6.07 Å². The Bertz CT molecular complexity index is 389. The molecule has 0 aliphatic heterocycles. The molecule has 0 fully saturated rings. The van der Waals surface area contributed by atoms with Crippen molar-refractivity contribution in [3.05, 3.63) is 29.3 Å². The van der Waals surface area contributed by atoms with Gasteiger partial charge in [0, 0.05) is 6.42 Å². The van der Waals surface area contributed by atoms with Crippen LogP contribution < -0.4 is 11.1 Å². The van der Waals surface area contributed by atoms with Gasteiger partial charge in [0.2, 0.25) is 5.91 Å². The molecule has 1 atom stereocenters. The number of anilines is 1. The lowest BCUT2D eigenvalue weighted by Crippen LogP contribution is -2.15. The largest absolute Gasteiger partial charge is 0.330 e. The van der Waals surface area contributed by atoms with E-state index in [1.807, 2.05) is 18.2 Å². The molecular formula is C15H23ClN2O. The zero-order valence-corrected chi connectivity index (χ0v) is 12.2. The number of carbonyl (C=O) groups is 1. The Kier molecular flexibility index (Phi) is 7.53. The monoisotopic (exact) mass is 282 g/mol. The molecule has 0 aromatic heterocycles. The first-order chi connectivity index (χ1) is 9.17. The summed E-state index contributed by atoms with van der Waals surface area (Å²) >= 11 is 6.00. The first-order valence-electron chi connectivity index (χ1n) is 6.91. The molecule has 1 aromatic carbocycles. The van der Waals surface area contributed by atoms with Crippen LogP contribution in [0.2, 0.25) is 5.02 Å². The molecule has 0 bridgehead atoms. The SMILES string of the molecule is CCCC(CCN)CCC(=O)Nc1ccccc1Cl. The highest BCUT2D eigenvalue weighted by Gasteiger charge is 2.11. The molecule has 0 radical (unpaired) electrons. The van der Waals surface area contributed by atoms with Gasteiger partial charge >= 0.3 is 0 Å². The zero-order chi connectivity index (χ0) is 14.1. The van der Waals surface area contributed by atoms with E-state index >= 15 is 0 Å². The van der Waals surface area contributed by atoms with Crippen molar-refractivity contribution in [2.24, 2.45) is 11.7 Å². The van der Waals surface area contributed by atoms with Crippen LogP contribution >= 0.6 is 11.6 Å². The molecule has 0 aliphatic carbocycles. The summed E-state index contributed by atoms with van der Waals surface area (Å²) in [5, 5.41) is 3.42. The molecule has 3 N–H and O–H groups in total. The van der Waals surface area contributed by atoms with Crippen LogP contribution in [0.15, 0.2) is 24.3 Å². The molecule has 4 heteroatoms. The smallest absolute Gasteiger partial charge is 0.224 e. The van der Waals surface area contributed by atoms with Crippen molar-refractivity contribution in [1.82, 2.24) is 0 Å². The number of para-hydroxylation sites is 1. The minimum absolute atomic E-state index is 0.0197. The summed E-state index contributed by atoms with van der Waals surface area (Å²) in [6.07, 6.45) is 4.68. The summed E-state index contributed by atoms with van der Waals surface area (Å²) in [6, 6.07) is 7.28. The number of benzene rings is 1. The first-order valence-corrected chi connectivity index (χ1v) is 7.29. The second-order valence-corrected chi connectivity index (χ2v) is 5.21. The number of nitrogens with two attached hydrogens (primary N) is 1. The summed E-state index contributed by atoms with van der Waals surface area (Å²) in [4.78, 5) is 11.9. The van der Waals surface area contributed by atoms with Crippen molar-refractivity contribution >= 4 is 23.2 Å². The fourth-order valence-corrected chi connectivity index (χ4v) is 2.37. The van der Waals surface area contributed by atoms with Gasteiger partial charge in [-0.1, -0.05) is 43.5 Å². The van der Waals surface area contributed by atoms with Gasteiger partial charge in [0.15, 0.2) is 0 Å². The minimum atomic E-state index is 0.0197. The van der Waals surface area contributed by atoms with E-state index in [-0.39, 0.29) is 5.91 Å². The van der Waals surface area contributed by atoms with E-state index in [2.05, 4.69) is 12.2 Å². The van der Waals surface area contributed by atoms with Gasteiger partial charge in [0.05, 0.1) is 10.7 Å². The average Bonchev–Trinajstić information content (AvgIpc) is 2.39. The molecule has 0 saturated carbocycles. The lowest BCUT2D eigenvalue weighted by Gasteiger charge is -2.14. The molecule has 0 heterocycles. The van der Waals surface area contributed by atoms with E-state index < -0.39 is 0 Å². The van der Waals surface area contributed by atoms with Crippen molar-refractivity contribution in [3.8, 4) is 0 Å². The normalized spacial score (nSPS) is 12.2.